The van der Waals surface area contributed by atoms with Crippen LogP contribution in [0.15, 0.2) is 28.7 Å². The van der Waals surface area contributed by atoms with Gasteiger partial charge in [-0.3, -0.25) is 0 Å². The number of hydrogen-bond acceptors (Lipinski definition) is 2. The van der Waals surface area contributed by atoms with Crippen LogP contribution in [0.5, 0.6) is 0 Å². The zero-order valence-corrected chi connectivity index (χ0v) is 9.18. The van der Waals surface area contributed by atoms with Crippen molar-refractivity contribution in [2.75, 3.05) is 12.3 Å². The second-order valence-corrected chi connectivity index (χ2v) is 3.95. The molecule has 1 aromatic rings. The lowest BCUT2D eigenvalue weighted by atomic mass is 10.0. The van der Waals surface area contributed by atoms with Crippen molar-refractivity contribution in [3.63, 3.8) is 0 Å². The lowest BCUT2D eigenvalue weighted by Crippen LogP contribution is -2.13. The molecule has 0 saturated heterocycles. The Bertz CT molecular complexity index is 248. The first kappa shape index (κ1) is 10.1. The Morgan fingerprint density at radius 1 is 1.50 bits per heavy atom. The monoisotopic (exact) mass is 245 g/mol. The van der Waals surface area contributed by atoms with Gasteiger partial charge in [-0.1, -0.05) is 28.1 Å². The molecule has 0 fully saturated rings. The quantitative estimate of drug-likeness (QED) is 0.787. The van der Waals surface area contributed by atoms with Gasteiger partial charge in [0.2, 0.25) is 0 Å². The summed E-state index contributed by atoms with van der Waals surface area (Å²) in [5.41, 5.74) is 6.85. The highest BCUT2D eigenvalue weighted by Gasteiger charge is 2.06. The molecule has 66 valence electrons. The van der Waals surface area contributed by atoms with Crippen molar-refractivity contribution in [3.05, 3.63) is 34.3 Å². The Labute approximate surface area is 86.9 Å². The van der Waals surface area contributed by atoms with Crippen LogP contribution in [0.3, 0.4) is 0 Å². The molecule has 1 atom stereocenters. The molecule has 3 heteroatoms. The molecule has 2 N–H and O–H groups in total. The number of thiol groups is 1. The average Bonchev–Trinajstić information content (AvgIpc) is 2.07. The van der Waals surface area contributed by atoms with E-state index in [2.05, 4.69) is 40.7 Å². The van der Waals surface area contributed by atoms with Gasteiger partial charge in [-0.25, -0.2) is 0 Å². The Morgan fingerprint density at radius 3 is 2.75 bits per heavy atom. The lowest BCUT2D eigenvalue weighted by molar-refractivity contribution is 0.787. The van der Waals surface area contributed by atoms with Gasteiger partial charge >= 0.3 is 0 Å². The summed E-state index contributed by atoms with van der Waals surface area (Å²) < 4.78 is 1.10. The molecule has 0 heterocycles. The van der Waals surface area contributed by atoms with Crippen LogP contribution >= 0.6 is 28.6 Å². The standard InChI is InChI=1S/C9H12BrNS/c10-9-3-1-2-7(4-9)8(5-11)6-12/h1-4,8,12H,5-6,11H2. The summed E-state index contributed by atoms with van der Waals surface area (Å²) >= 11 is 7.67. The summed E-state index contributed by atoms with van der Waals surface area (Å²) in [7, 11) is 0. The summed E-state index contributed by atoms with van der Waals surface area (Å²) in [6, 6.07) is 8.20. The molecule has 0 saturated carbocycles. The minimum atomic E-state index is 0.367. The maximum atomic E-state index is 5.60. The zero-order chi connectivity index (χ0) is 8.97. The fraction of sp³-hybridized carbons (Fsp3) is 0.333. The van der Waals surface area contributed by atoms with E-state index < -0.39 is 0 Å². The molecule has 0 aliphatic rings. The van der Waals surface area contributed by atoms with Crippen molar-refractivity contribution in [3.8, 4) is 0 Å². The molecule has 1 aromatic carbocycles. The first-order valence-corrected chi connectivity index (χ1v) is 5.27. The van der Waals surface area contributed by atoms with Gasteiger partial charge in [-0.2, -0.15) is 12.6 Å². The topological polar surface area (TPSA) is 26.0 Å². The maximum Gasteiger partial charge on any atom is 0.0178 e. The van der Waals surface area contributed by atoms with E-state index in [0.29, 0.717) is 12.5 Å². The second kappa shape index (κ2) is 4.90. The third-order valence-electron chi connectivity index (χ3n) is 1.82. The van der Waals surface area contributed by atoms with Gasteiger partial charge < -0.3 is 5.73 Å². The highest BCUT2D eigenvalue weighted by Crippen LogP contribution is 2.19. The summed E-state index contributed by atoms with van der Waals surface area (Å²) in [5, 5.41) is 0. The first-order valence-electron chi connectivity index (χ1n) is 3.84. The van der Waals surface area contributed by atoms with Crippen LogP contribution in [-0.4, -0.2) is 12.3 Å². The van der Waals surface area contributed by atoms with Crippen LogP contribution in [-0.2, 0) is 0 Å². The molecule has 1 rings (SSSR count). The first-order chi connectivity index (χ1) is 5.77. The predicted molar refractivity (Wildman–Crippen MR) is 59.8 cm³/mol. The van der Waals surface area contributed by atoms with Gasteiger partial charge in [-0.15, -0.1) is 0 Å². The smallest absolute Gasteiger partial charge is 0.0178 e. The number of nitrogens with two attached hydrogens (primary N) is 1. The third kappa shape index (κ3) is 2.51. The maximum absolute atomic E-state index is 5.60. The molecule has 12 heavy (non-hydrogen) atoms. The van der Waals surface area contributed by atoms with Gasteiger partial charge in [-0.05, 0) is 30.0 Å². The summed E-state index contributed by atoms with van der Waals surface area (Å²) in [6.07, 6.45) is 0. The molecule has 0 aliphatic carbocycles. The van der Waals surface area contributed by atoms with Gasteiger partial charge in [0.05, 0.1) is 0 Å². The molecule has 0 spiro atoms. The molecular formula is C9H12BrNS. The SMILES string of the molecule is NCC(CS)c1cccc(Br)c1. The van der Waals surface area contributed by atoms with Crippen molar-refractivity contribution < 1.29 is 0 Å². The largest absolute Gasteiger partial charge is 0.330 e. The average molecular weight is 246 g/mol. The van der Waals surface area contributed by atoms with Crippen molar-refractivity contribution in [1.82, 2.24) is 0 Å². The van der Waals surface area contributed by atoms with E-state index in [4.69, 9.17) is 5.73 Å². The molecule has 0 aromatic heterocycles. The summed E-state index contributed by atoms with van der Waals surface area (Å²) in [4.78, 5) is 0. The van der Waals surface area contributed by atoms with Crippen LogP contribution < -0.4 is 5.73 Å². The van der Waals surface area contributed by atoms with E-state index in [9.17, 15) is 0 Å². The van der Waals surface area contributed by atoms with Gasteiger partial charge in [0, 0.05) is 10.4 Å². The van der Waals surface area contributed by atoms with Crippen LogP contribution in [0.25, 0.3) is 0 Å². The van der Waals surface area contributed by atoms with E-state index in [1.54, 1.807) is 0 Å². The molecular weight excluding hydrogens is 234 g/mol. The number of rotatable bonds is 3. The van der Waals surface area contributed by atoms with Crippen LogP contribution in [0, 0.1) is 0 Å². The van der Waals surface area contributed by atoms with Gasteiger partial charge in [0.1, 0.15) is 0 Å². The number of benzene rings is 1. The van der Waals surface area contributed by atoms with Crippen LogP contribution in [0.1, 0.15) is 11.5 Å². The van der Waals surface area contributed by atoms with Gasteiger partial charge in [0.15, 0.2) is 0 Å². The molecule has 0 aliphatic heterocycles. The van der Waals surface area contributed by atoms with Crippen LogP contribution in [0.4, 0.5) is 0 Å². The van der Waals surface area contributed by atoms with E-state index in [1.165, 1.54) is 5.56 Å². The van der Waals surface area contributed by atoms with E-state index >= 15 is 0 Å². The Kier molecular flexibility index (Phi) is 4.12. The lowest BCUT2D eigenvalue weighted by Gasteiger charge is -2.11. The molecule has 1 unspecified atom stereocenters. The number of hydrogen-bond donors (Lipinski definition) is 2. The fourth-order valence-corrected chi connectivity index (χ4v) is 1.85. The minimum Gasteiger partial charge on any atom is -0.330 e. The molecule has 0 radical (unpaired) electrons. The van der Waals surface area contributed by atoms with E-state index in [1.807, 2.05) is 12.1 Å². The summed E-state index contributed by atoms with van der Waals surface area (Å²) in [6.45, 7) is 0.653. The summed E-state index contributed by atoms with van der Waals surface area (Å²) in [5.74, 6) is 1.17. The van der Waals surface area contributed by atoms with Crippen molar-refractivity contribution in [1.29, 1.82) is 0 Å². The normalized spacial score (nSPS) is 12.9. The minimum absolute atomic E-state index is 0.367. The molecule has 0 bridgehead atoms. The third-order valence-corrected chi connectivity index (χ3v) is 2.76. The Hall–Kier alpha value is 0.01000. The predicted octanol–water partition coefficient (Wildman–Crippen LogP) is 2.42. The second-order valence-electron chi connectivity index (χ2n) is 2.67. The van der Waals surface area contributed by atoms with Crippen molar-refractivity contribution in [2.45, 2.75) is 5.92 Å². The van der Waals surface area contributed by atoms with Gasteiger partial charge in [0.25, 0.3) is 0 Å². The zero-order valence-electron chi connectivity index (χ0n) is 6.70. The highest BCUT2D eigenvalue weighted by molar-refractivity contribution is 9.10. The van der Waals surface area contributed by atoms with Crippen LogP contribution in [0.2, 0.25) is 0 Å². The molecule has 1 nitrogen and oxygen atoms in total. The van der Waals surface area contributed by atoms with Crippen molar-refractivity contribution in [2.24, 2.45) is 5.73 Å². The highest BCUT2D eigenvalue weighted by atomic mass is 79.9. The van der Waals surface area contributed by atoms with E-state index in [0.717, 1.165) is 10.2 Å². The fourth-order valence-electron chi connectivity index (χ4n) is 1.08. The van der Waals surface area contributed by atoms with E-state index in [-0.39, 0.29) is 0 Å². The molecule has 0 amide bonds. The van der Waals surface area contributed by atoms with Crippen molar-refractivity contribution >= 4 is 28.6 Å². The number of halogens is 1. The Balaban J connectivity index is 2.85. The Morgan fingerprint density at radius 2 is 2.25 bits per heavy atom.